The zero-order chi connectivity index (χ0) is 19.9. The zero-order valence-electron chi connectivity index (χ0n) is 13.9. The molecule has 28 heavy (non-hydrogen) atoms. The number of benzene rings is 1. The molecule has 6 nitrogen and oxygen atoms in total. The fraction of sp³-hybridized carbons (Fsp3) is 0. The lowest BCUT2D eigenvalue weighted by molar-refractivity contribution is 0.560. The average Bonchev–Trinajstić information content (AvgIpc) is 3.39. The highest BCUT2D eigenvalue weighted by Gasteiger charge is 2.18. The van der Waals surface area contributed by atoms with Crippen LogP contribution in [0, 0.1) is 0 Å². The number of furan rings is 2. The summed E-state index contributed by atoms with van der Waals surface area (Å²) in [7, 11) is 0. The Hall–Kier alpha value is -2.38. The van der Waals surface area contributed by atoms with Crippen molar-refractivity contribution in [2.24, 2.45) is 20.4 Å². The average molecular weight is 456 g/mol. The van der Waals surface area contributed by atoms with E-state index >= 15 is 0 Å². The van der Waals surface area contributed by atoms with Crippen molar-refractivity contribution >= 4 is 71.3 Å². The van der Waals surface area contributed by atoms with Gasteiger partial charge in [-0.2, -0.15) is 20.4 Å². The van der Waals surface area contributed by atoms with Gasteiger partial charge in [0.25, 0.3) is 0 Å². The number of rotatable bonds is 6. The molecule has 0 saturated heterocycles. The van der Waals surface area contributed by atoms with Gasteiger partial charge in [-0.1, -0.05) is 46.4 Å². The molecule has 0 aliphatic carbocycles. The molecule has 3 aromatic rings. The second-order valence-corrected chi connectivity index (χ2v) is 6.60. The molecule has 1 aromatic carbocycles. The highest BCUT2D eigenvalue weighted by Crippen LogP contribution is 2.39. The first-order valence-corrected chi connectivity index (χ1v) is 9.15. The van der Waals surface area contributed by atoms with Gasteiger partial charge >= 0.3 is 0 Å². The van der Waals surface area contributed by atoms with Gasteiger partial charge in [0, 0.05) is 11.1 Å². The van der Waals surface area contributed by atoms with Crippen molar-refractivity contribution in [2.75, 3.05) is 0 Å². The SMILES string of the molecule is Clc1c(Cl)c(/C=N/N=C/c2ccco2)c(Cl)c(Cl)c1/C=N\N=C\c1ccco1. The third-order valence-corrected chi connectivity index (χ3v) is 5.06. The molecule has 0 amide bonds. The van der Waals surface area contributed by atoms with E-state index in [0.717, 1.165) is 0 Å². The molecule has 0 aliphatic heterocycles. The smallest absolute Gasteiger partial charge is 0.146 e. The lowest BCUT2D eigenvalue weighted by Gasteiger charge is -2.09. The van der Waals surface area contributed by atoms with Gasteiger partial charge in [0.05, 0.1) is 57.5 Å². The summed E-state index contributed by atoms with van der Waals surface area (Å²) in [5, 5.41) is 16.1. The summed E-state index contributed by atoms with van der Waals surface area (Å²) in [6.45, 7) is 0. The molecule has 2 heterocycles. The van der Waals surface area contributed by atoms with Crippen LogP contribution in [0.1, 0.15) is 22.6 Å². The Morgan fingerprint density at radius 3 is 1.25 bits per heavy atom. The minimum Gasteiger partial charge on any atom is -0.463 e. The van der Waals surface area contributed by atoms with Crippen LogP contribution in [0.4, 0.5) is 0 Å². The zero-order valence-corrected chi connectivity index (χ0v) is 16.9. The van der Waals surface area contributed by atoms with Gasteiger partial charge in [-0.25, -0.2) is 0 Å². The van der Waals surface area contributed by atoms with E-state index < -0.39 is 0 Å². The second-order valence-electron chi connectivity index (χ2n) is 5.09. The van der Waals surface area contributed by atoms with Gasteiger partial charge < -0.3 is 8.83 Å². The molecule has 0 N–H and O–H groups in total. The van der Waals surface area contributed by atoms with Crippen LogP contribution in [-0.2, 0) is 0 Å². The number of nitrogens with zero attached hydrogens (tertiary/aromatic N) is 4. The molecule has 0 saturated carbocycles. The van der Waals surface area contributed by atoms with E-state index in [0.29, 0.717) is 22.6 Å². The van der Waals surface area contributed by atoms with Gasteiger partial charge in [-0.3, -0.25) is 0 Å². The molecule has 3 rings (SSSR count). The molecule has 142 valence electrons. The molecule has 0 bridgehead atoms. The van der Waals surface area contributed by atoms with Gasteiger partial charge in [-0.05, 0) is 24.3 Å². The van der Waals surface area contributed by atoms with Gasteiger partial charge in [0.2, 0.25) is 0 Å². The molecular weight excluding hydrogens is 446 g/mol. The minimum absolute atomic E-state index is 0.157. The first kappa shape index (κ1) is 20.4. The third-order valence-electron chi connectivity index (χ3n) is 3.29. The van der Waals surface area contributed by atoms with Crippen molar-refractivity contribution in [3.63, 3.8) is 0 Å². The van der Waals surface area contributed by atoms with E-state index in [4.69, 9.17) is 55.2 Å². The van der Waals surface area contributed by atoms with Crippen LogP contribution in [0.3, 0.4) is 0 Å². The maximum atomic E-state index is 6.30. The van der Waals surface area contributed by atoms with Crippen LogP contribution in [0.5, 0.6) is 0 Å². The monoisotopic (exact) mass is 454 g/mol. The largest absolute Gasteiger partial charge is 0.463 e. The maximum Gasteiger partial charge on any atom is 0.146 e. The summed E-state index contributed by atoms with van der Waals surface area (Å²) in [6, 6.07) is 6.93. The lowest BCUT2D eigenvalue weighted by atomic mass is 10.1. The fourth-order valence-electron chi connectivity index (χ4n) is 1.98. The minimum atomic E-state index is 0.157. The Kier molecular flexibility index (Phi) is 7.06. The van der Waals surface area contributed by atoms with Crippen molar-refractivity contribution in [1.82, 2.24) is 0 Å². The van der Waals surface area contributed by atoms with Gasteiger partial charge in [-0.15, -0.1) is 0 Å². The molecular formula is C18H10Cl4N4O2. The van der Waals surface area contributed by atoms with Crippen LogP contribution in [-0.4, -0.2) is 24.9 Å². The fourth-order valence-corrected chi connectivity index (χ4v) is 3.06. The number of hydrogen-bond donors (Lipinski definition) is 0. The Bertz CT molecular complexity index is 942. The van der Waals surface area contributed by atoms with Crippen LogP contribution in [0.25, 0.3) is 0 Å². The molecule has 0 atom stereocenters. The van der Waals surface area contributed by atoms with E-state index in [1.54, 1.807) is 24.3 Å². The Morgan fingerprint density at radius 1 is 0.571 bits per heavy atom. The van der Waals surface area contributed by atoms with E-state index in [-0.39, 0.29) is 20.1 Å². The highest BCUT2D eigenvalue weighted by molar-refractivity contribution is 6.51. The molecule has 0 unspecified atom stereocenters. The molecule has 10 heteroatoms. The lowest BCUT2D eigenvalue weighted by Crippen LogP contribution is -1.95. The van der Waals surface area contributed by atoms with E-state index in [9.17, 15) is 0 Å². The molecule has 0 fully saturated rings. The standard InChI is InChI=1S/C18H10Cl4N4O2/c19-15-13(9-25-23-7-11-3-1-5-27-11)16(20)18(22)14(17(15)21)10-26-24-8-12-4-2-6-28-12/h1-10H/b23-7+,24-8+,25-9-,26-10+. The second kappa shape index (κ2) is 9.71. The van der Waals surface area contributed by atoms with Gasteiger partial charge in [0.1, 0.15) is 11.5 Å². The molecule has 0 aliphatic rings. The number of halogens is 4. The Balaban J connectivity index is 1.82. The Labute approximate surface area is 179 Å². The summed E-state index contributed by atoms with van der Waals surface area (Å²) in [5.74, 6) is 1.10. The third kappa shape index (κ3) is 4.91. The van der Waals surface area contributed by atoms with Crippen molar-refractivity contribution in [1.29, 1.82) is 0 Å². The topological polar surface area (TPSA) is 75.7 Å². The van der Waals surface area contributed by atoms with Crippen LogP contribution in [0.2, 0.25) is 20.1 Å². The number of hydrogen-bond acceptors (Lipinski definition) is 6. The quantitative estimate of drug-likeness (QED) is 0.245. The first-order valence-electron chi connectivity index (χ1n) is 7.63. The van der Waals surface area contributed by atoms with Crippen LogP contribution in [0.15, 0.2) is 66.0 Å². The highest BCUT2D eigenvalue weighted by atomic mass is 35.5. The maximum absolute atomic E-state index is 6.30. The molecule has 0 spiro atoms. The van der Waals surface area contributed by atoms with Crippen molar-refractivity contribution in [3.05, 3.63) is 79.5 Å². The van der Waals surface area contributed by atoms with Gasteiger partial charge in [0.15, 0.2) is 0 Å². The Morgan fingerprint density at radius 2 is 0.929 bits per heavy atom. The first-order chi connectivity index (χ1) is 13.6. The predicted molar refractivity (Wildman–Crippen MR) is 114 cm³/mol. The summed E-state index contributed by atoms with van der Waals surface area (Å²) in [4.78, 5) is 0. The normalized spacial score (nSPS) is 12.4. The van der Waals surface area contributed by atoms with Crippen LogP contribution < -0.4 is 0 Å². The molecule has 2 aromatic heterocycles. The predicted octanol–water partition coefficient (Wildman–Crippen LogP) is 6.39. The van der Waals surface area contributed by atoms with E-state index in [1.807, 2.05) is 0 Å². The summed E-state index contributed by atoms with van der Waals surface area (Å²) >= 11 is 25.2. The van der Waals surface area contributed by atoms with E-state index in [2.05, 4.69) is 20.4 Å². The van der Waals surface area contributed by atoms with Crippen molar-refractivity contribution in [3.8, 4) is 0 Å². The molecule has 0 radical (unpaired) electrons. The summed E-state index contributed by atoms with van der Waals surface area (Å²) in [6.07, 6.45) is 8.60. The van der Waals surface area contributed by atoms with Crippen molar-refractivity contribution < 1.29 is 8.83 Å². The summed E-state index contributed by atoms with van der Waals surface area (Å²) < 4.78 is 10.2. The van der Waals surface area contributed by atoms with Crippen LogP contribution >= 0.6 is 46.4 Å². The summed E-state index contributed by atoms with van der Waals surface area (Å²) in [5.41, 5.74) is 0.650. The van der Waals surface area contributed by atoms with Crippen molar-refractivity contribution in [2.45, 2.75) is 0 Å². The van der Waals surface area contributed by atoms with E-state index in [1.165, 1.54) is 37.4 Å².